The first kappa shape index (κ1) is 11.5. The molecule has 18 heavy (non-hydrogen) atoms. The van der Waals surface area contributed by atoms with Gasteiger partial charge in [0.2, 0.25) is 0 Å². The van der Waals surface area contributed by atoms with Gasteiger partial charge in [0.15, 0.2) is 0 Å². The number of fused-ring (bicyclic) bond motifs is 3. The molecule has 3 fully saturated rings. The van der Waals surface area contributed by atoms with Crippen LogP contribution in [0.1, 0.15) is 12.8 Å². The van der Waals surface area contributed by atoms with Crippen molar-refractivity contribution >= 4 is 5.69 Å². The summed E-state index contributed by atoms with van der Waals surface area (Å²) in [5.74, 6) is 0.151. The summed E-state index contributed by atoms with van der Waals surface area (Å²) in [6, 6.07) is 8.72. The number of nitrogens with zero attached hydrogens (tertiary/aromatic N) is 2. The van der Waals surface area contributed by atoms with Crippen LogP contribution in [0.5, 0.6) is 0 Å². The van der Waals surface area contributed by atoms with E-state index < -0.39 is 5.54 Å². The lowest BCUT2D eigenvalue weighted by atomic mass is 9.73. The lowest BCUT2D eigenvalue weighted by Crippen LogP contribution is -2.62. The van der Waals surface area contributed by atoms with Gasteiger partial charge in [-0.25, -0.2) is 4.39 Å². The predicted molar refractivity (Wildman–Crippen MR) is 67.5 cm³/mol. The van der Waals surface area contributed by atoms with Gasteiger partial charge in [-0.05, 0) is 56.1 Å². The Balaban J connectivity index is 1.85. The zero-order chi connectivity index (χ0) is 12.6. The van der Waals surface area contributed by atoms with Crippen LogP contribution in [0.25, 0.3) is 0 Å². The molecular formula is C14H16FN3. The number of benzene rings is 1. The van der Waals surface area contributed by atoms with Gasteiger partial charge in [-0.1, -0.05) is 0 Å². The van der Waals surface area contributed by atoms with Crippen molar-refractivity contribution in [2.24, 2.45) is 5.92 Å². The number of nitrogens with one attached hydrogen (secondary N) is 1. The second kappa shape index (κ2) is 4.25. The maximum Gasteiger partial charge on any atom is 0.141 e. The second-order valence-corrected chi connectivity index (χ2v) is 5.27. The minimum Gasteiger partial charge on any atom is -0.366 e. The molecule has 3 aliphatic heterocycles. The topological polar surface area (TPSA) is 39.1 Å². The van der Waals surface area contributed by atoms with E-state index in [-0.39, 0.29) is 5.82 Å². The van der Waals surface area contributed by atoms with Crippen LogP contribution < -0.4 is 5.32 Å². The van der Waals surface area contributed by atoms with Crippen LogP contribution in [0.15, 0.2) is 24.3 Å². The van der Waals surface area contributed by atoms with Crippen molar-refractivity contribution in [3.8, 4) is 6.07 Å². The van der Waals surface area contributed by atoms with Gasteiger partial charge < -0.3 is 5.32 Å². The number of nitriles is 1. The monoisotopic (exact) mass is 245 g/mol. The van der Waals surface area contributed by atoms with Crippen LogP contribution in [0.3, 0.4) is 0 Å². The smallest absolute Gasteiger partial charge is 0.141 e. The Bertz CT molecular complexity index is 471. The van der Waals surface area contributed by atoms with Gasteiger partial charge in [0, 0.05) is 12.2 Å². The summed E-state index contributed by atoms with van der Waals surface area (Å²) in [6.45, 7) is 2.96. The minimum absolute atomic E-state index is 0.250. The molecule has 4 rings (SSSR count). The lowest BCUT2D eigenvalue weighted by molar-refractivity contribution is 0.0675. The van der Waals surface area contributed by atoms with Gasteiger partial charge in [0.25, 0.3) is 0 Å². The van der Waals surface area contributed by atoms with Crippen LogP contribution in [0.2, 0.25) is 0 Å². The average molecular weight is 245 g/mol. The number of hydrogen-bond acceptors (Lipinski definition) is 3. The average Bonchev–Trinajstić information content (AvgIpc) is 2.43. The van der Waals surface area contributed by atoms with Gasteiger partial charge >= 0.3 is 0 Å². The number of halogens is 1. The predicted octanol–water partition coefficient (Wildman–Crippen LogP) is 2.23. The van der Waals surface area contributed by atoms with Gasteiger partial charge in [0.05, 0.1) is 6.07 Å². The van der Waals surface area contributed by atoms with Crippen molar-refractivity contribution < 1.29 is 4.39 Å². The largest absolute Gasteiger partial charge is 0.366 e. The third-order valence-corrected chi connectivity index (χ3v) is 4.17. The van der Waals surface area contributed by atoms with Crippen LogP contribution in [-0.4, -0.2) is 30.1 Å². The Morgan fingerprint density at radius 1 is 1.28 bits per heavy atom. The summed E-state index contributed by atoms with van der Waals surface area (Å²) in [5, 5.41) is 12.9. The fraction of sp³-hybridized carbons (Fsp3) is 0.500. The van der Waals surface area contributed by atoms with Crippen molar-refractivity contribution in [2.75, 3.05) is 25.0 Å². The molecule has 4 heteroatoms. The van der Waals surface area contributed by atoms with Gasteiger partial charge in [-0.3, -0.25) is 4.90 Å². The Morgan fingerprint density at radius 2 is 1.94 bits per heavy atom. The molecule has 0 radical (unpaired) electrons. The first-order valence-electron chi connectivity index (χ1n) is 6.39. The SMILES string of the molecule is N#CC1(Nc2ccc(F)cc2)CN2CCC1CC2. The summed E-state index contributed by atoms with van der Waals surface area (Å²) >= 11 is 0. The van der Waals surface area contributed by atoms with Crippen molar-refractivity contribution in [1.29, 1.82) is 5.26 Å². The van der Waals surface area contributed by atoms with E-state index in [1.54, 1.807) is 12.1 Å². The lowest BCUT2D eigenvalue weighted by Gasteiger charge is -2.50. The maximum atomic E-state index is 12.9. The third-order valence-electron chi connectivity index (χ3n) is 4.17. The first-order chi connectivity index (χ1) is 8.72. The maximum absolute atomic E-state index is 12.9. The Morgan fingerprint density at radius 3 is 2.44 bits per heavy atom. The molecule has 3 nitrogen and oxygen atoms in total. The highest BCUT2D eigenvalue weighted by Crippen LogP contribution is 2.37. The van der Waals surface area contributed by atoms with Crippen LogP contribution in [0, 0.1) is 23.1 Å². The molecule has 0 spiro atoms. The molecule has 1 aromatic rings. The molecule has 1 N–H and O–H groups in total. The Hall–Kier alpha value is -1.60. The van der Waals surface area contributed by atoms with Crippen molar-refractivity contribution in [3.63, 3.8) is 0 Å². The van der Waals surface area contributed by atoms with Crippen molar-refractivity contribution in [2.45, 2.75) is 18.4 Å². The Labute approximate surface area is 106 Å². The van der Waals surface area contributed by atoms with Crippen LogP contribution in [-0.2, 0) is 0 Å². The molecule has 3 heterocycles. The summed E-state index contributed by atoms with van der Waals surface area (Å²) in [4.78, 5) is 2.33. The molecule has 0 saturated carbocycles. The van der Waals surface area contributed by atoms with E-state index >= 15 is 0 Å². The molecule has 2 bridgehead atoms. The fourth-order valence-electron chi connectivity index (χ4n) is 3.15. The van der Waals surface area contributed by atoms with E-state index in [0.29, 0.717) is 5.92 Å². The first-order valence-corrected chi connectivity index (χ1v) is 6.39. The number of rotatable bonds is 2. The highest BCUT2D eigenvalue weighted by atomic mass is 19.1. The minimum atomic E-state index is -0.506. The summed E-state index contributed by atoms with van der Waals surface area (Å²) in [6.07, 6.45) is 2.14. The molecule has 0 aromatic heterocycles. The zero-order valence-electron chi connectivity index (χ0n) is 10.2. The normalized spacial score (nSPS) is 34.0. The molecule has 1 atom stereocenters. The van der Waals surface area contributed by atoms with Crippen LogP contribution in [0.4, 0.5) is 10.1 Å². The molecule has 0 amide bonds. The highest BCUT2D eigenvalue weighted by molar-refractivity contribution is 5.49. The molecule has 94 valence electrons. The van der Waals surface area contributed by atoms with E-state index in [9.17, 15) is 9.65 Å². The highest BCUT2D eigenvalue weighted by Gasteiger charge is 2.47. The molecule has 1 unspecified atom stereocenters. The summed E-state index contributed by atoms with van der Waals surface area (Å²) < 4.78 is 12.9. The van der Waals surface area contributed by atoms with Gasteiger partial charge in [-0.2, -0.15) is 5.26 Å². The molecule has 3 saturated heterocycles. The molecule has 0 aliphatic carbocycles. The van der Waals surface area contributed by atoms with Gasteiger partial charge in [0.1, 0.15) is 11.4 Å². The standard InChI is InChI=1S/C14H16FN3/c15-12-1-3-13(4-2-12)17-14(9-16)10-18-7-5-11(14)6-8-18/h1-4,11,17H,5-8,10H2. The molecular weight excluding hydrogens is 229 g/mol. The van der Waals surface area contributed by atoms with E-state index in [1.165, 1.54) is 12.1 Å². The fourth-order valence-corrected chi connectivity index (χ4v) is 3.15. The number of anilines is 1. The number of hydrogen-bond donors (Lipinski definition) is 1. The Kier molecular flexibility index (Phi) is 2.71. The van der Waals surface area contributed by atoms with Gasteiger partial charge in [-0.15, -0.1) is 0 Å². The van der Waals surface area contributed by atoms with Crippen LogP contribution >= 0.6 is 0 Å². The number of piperidine rings is 3. The van der Waals surface area contributed by atoms with E-state index in [4.69, 9.17) is 0 Å². The molecule has 1 aromatic carbocycles. The van der Waals surface area contributed by atoms with Crippen molar-refractivity contribution in [3.05, 3.63) is 30.1 Å². The zero-order valence-corrected chi connectivity index (χ0v) is 10.2. The summed E-state index contributed by atoms with van der Waals surface area (Å²) in [7, 11) is 0. The van der Waals surface area contributed by atoms with E-state index in [0.717, 1.165) is 38.2 Å². The van der Waals surface area contributed by atoms with E-state index in [2.05, 4.69) is 16.3 Å². The summed E-state index contributed by atoms with van der Waals surface area (Å²) in [5.41, 5.74) is 0.320. The molecule has 3 aliphatic rings. The quantitative estimate of drug-likeness (QED) is 0.868. The van der Waals surface area contributed by atoms with Crippen molar-refractivity contribution in [1.82, 2.24) is 4.90 Å². The third kappa shape index (κ3) is 1.85. The van der Waals surface area contributed by atoms with E-state index in [1.807, 2.05) is 0 Å². The second-order valence-electron chi connectivity index (χ2n) is 5.27.